The Hall–Kier alpha value is -4.50. The van der Waals surface area contributed by atoms with E-state index in [0.717, 1.165) is 22.4 Å². The first-order chi connectivity index (χ1) is 16.1. The molecule has 0 saturated heterocycles. The van der Waals surface area contributed by atoms with Gasteiger partial charge in [-0.2, -0.15) is 0 Å². The molecule has 1 aliphatic heterocycles. The zero-order valence-corrected chi connectivity index (χ0v) is 17.3. The van der Waals surface area contributed by atoms with Crippen molar-refractivity contribution in [2.75, 3.05) is 12.1 Å². The van der Waals surface area contributed by atoms with Gasteiger partial charge in [0.2, 0.25) is 5.91 Å². The van der Waals surface area contributed by atoms with Crippen molar-refractivity contribution in [2.24, 2.45) is 0 Å². The molecule has 164 valence electrons. The average Bonchev–Trinajstić information content (AvgIpc) is 3.27. The molecule has 33 heavy (non-hydrogen) atoms. The summed E-state index contributed by atoms with van der Waals surface area (Å²) in [6, 6.07) is 17.8. The van der Waals surface area contributed by atoms with Crippen molar-refractivity contribution in [1.82, 2.24) is 9.97 Å². The van der Waals surface area contributed by atoms with E-state index in [1.54, 1.807) is 12.1 Å². The van der Waals surface area contributed by atoms with Gasteiger partial charge in [-0.3, -0.25) is 14.9 Å². The van der Waals surface area contributed by atoms with Gasteiger partial charge in [0.25, 0.3) is 5.69 Å². The van der Waals surface area contributed by atoms with Crippen LogP contribution in [0.5, 0.6) is 5.75 Å². The minimum atomic E-state index is -0.490. The highest BCUT2D eigenvalue weighted by Gasteiger charge is 2.19. The molecular formula is C24H18N4O5. The van der Waals surface area contributed by atoms with Crippen LogP contribution in [-0.4, -0.2) is 27.6 Å². The second-order valence-electron chi connectivity index (χ2n) is 7.39. The fourth-order valence-corrected chi connectivity index (χ4v) is 3.61. The summed E-state index contributed by atoms with van der Waals surface area (Å²) in [7, 11) is 0. The number of aromatic nitrogens is 2. The SMILES string of the molecule is O=C(/C=C/c1cc([N+](=O)[O-])cc2c1OCOC2)Nc1ccc(-c2nc3ccccc3[nH]2)cc1. The smallest absolute Gasteiger partial charge is 0.270 e. The van der Waals surface area contributed by atoms with Crippen molar-refractivity contribution in [3.05, 3.63) is 88.0 Å². The van der Waals surface area contributed by atoms with Gasteiger partial charge in [-0.15, -0.1) is 0 Å². The molecule has 0 unspecified atom stereocenters. The lowest BCUT2D eigenvalue weighted by Crippen LogP contribution is -2.13. The number of ether oxygens (including phenoxy) is 2. The third kappa shape index (κ3) is 4.30. The summed E-state index contributed by atoms with van der Waals surface area (Å²) < 4.78 is 10.7. The normalized spacial score (nSPS) is 13.0. The van der Waals surface area contributed by atoms with Crippen LogP contribution in [0.4, 0.5) is 11.4 Å². The summed E-state index contributed by atoms with van der Waals surface area (Å²) in [4.78, 5) is 31.0. The highest BCUT2D eigenvalue weighted by molar-refractivity contribution is 6.02. The quantitative estimate of drug-likeness (QED) is 0.264. The standard InChI is InChI=1S/C24H18N4O5/c29-22(10-7-16-11-19(28(30)31)12-17-13-32-14-33-23(16)17)25-18-8-5-15(6-9-18)24-26-20-3-1-2-4-21(20)27-24/h1-12H,13-14H2,(H,25,29)(H,26,27)/b10-7+. The van der Waals surface area contributed by atoms with Gasteiger partial charge in [0.1, 0.15) is 11.6 Å². The first kappa shape index (κ1) is 20.4. The Bertz CT molecular complexity index is 1360. The molecule has 9 heteroatoms. The number of nitro groups is 1. The van der Waals surface area contributed by atoms with E-state index < -0.39 is 4.92 Å². The molecule has 0 spiro atoms. The van der Waals surface area contributed by atoms with Crippen LogP contribution in [0.1, 0.15) is 11.1 Å². The Kier molecular flexibility index (Phi) is 5.29. The van der Waals surface area contributed by atoms with Crippen molar-refractivity contribution in [3.63, 3.8) is 0 Å². The fraction of sp³-hybridized carbons (Fsp3) is 0.0833. The predicted molar refractivity (Wildman–Crippen MR) is 123 cm³/mol. The summed E-state index contributed by atoms with van der Waals surface area (Å²) in [6.45, 7) is 0.261. The van der Waals surface area contributed by atoms with Crippen molar-refractivity contribution in [2.45, 2.75) is 6.61 Å². The van der Waals surface area contributed by atoms with E-state index in [4.69, 9.17) is 9.47 Å². The minimum Gasteiger partial charge on any atom is -0.467 e. The fourth-order valence-electron chi connectivity index (χ4n) is 3.61. The van der Waals surface area contributed by atoms with Gasteiger partial charge in [0.15, 0.2) is 6.79 Å². The molecule has 2 N–H and O–H groups in total. The molecule has 1 amide bonds. The van der Waals surface area contributed by atoms with E-state index in [0.29, 0.717) is 22.6 Å². The Morgan fingerprint density at radius 3 is 2.76 bits per heavy atom. The van der Waals surface area contributed by atoms with Crippen molar-refractivity contribution < 1.29 is 19.2 Å². The highest BCUT2D eigenvalue weighted by Crippen LogP contribution is 2.33. The summed E-state index contributed by atoms with van der Waals surface area (Å²) in [6.07, 6.45) is 2.81. The average molecular weight is 442 g/mol. The van der Waals surface area contributed by atoms with Crippen LogP contribution in [0.2, 0.25) is 0 Å². The van der Waals surface area contributed by atoms with Crippen molar-refractivity contribution >= 4 is 34.4 Å². The highest BCUT2D eigenvalue weighted by atomic mass is 16.7. The van der Waals surface area contributed by atoms with Crippen LogP contribution < -0.4 is 10.1 Å². The predicted octanol–water partition coefficient (Wildman–Crippen LogP) is 4.66. The number of aromatic amines is 1. The van der Waals surface area contributed by atoms with Crippen LogP contribution in [0.3, 0.4) is 0 Å². The zero-order valence-electron chi connectivity index (χ0n) is 17.3. The lowest BCUT2D eigenvalue weighted by Gasteiger charge is -2.19. The summed E-state index contributed by atoms with van der Waals surface area (Å²) in [5.41, 5.74) is 4.25. The number of nitrogens with one attached hydrogen (secondary N) is 2. The number of hydrogen-bond acceptors (Lipinski definition) is 6. The Labute approximate surface area is 187 Å². The molecule has 2 heterocycles. The van der Waals surface area contributed by atoms with E-state index in [1.807, 2.05) is 36.4 Å². The summed E-state index contributed by atoms with van der Waals surface area (Å²) in [5, 5.41) is 14.0. The molecule has 3 aromatic carbocycles. The first-order valence-corrected chi connectivity index (χ1v) is 10.1. The maximum atomic E-state index is 12.4. The Morgan fingerprint density at radius 2 is 1.97 bits per heavy atom. The van der Waals surface area contributed by atoms with Gasteiger partial charge in [0.05, 0.1) is 22.6 Å². The number of rotatable bonds is 5. The van der Waals surface area contributed by atoms with Crippen LogP contribution in [0.25, 0.3) is 28.5 Å². The second-order valence-corrected chi connectivity index (χ2v) is 7.39. The number of anilines is 1. The molecule has 9 nitrogen and oxygen atoms in total. The molecule has 0 atom stereocenters. The van der Waals surface area contributed by atoms with E-state index in [2.05, 4.69) is 15.3 Å². The van der Waals surface area contributed by atoms with Crippen LogP contribution in [0.15, 0.2) is 66.7 Å². The van der Waals surface area contributed by atoms with Crippen molar-refractivity contribution in [3.8, 4) is 17.1 Å². The molecule has 0 fully saturated rings. The van der Waals surface area contributed by atoms with Gasteiger partial charge in [-0.1, -0.05) is 12.1 Å². The maximum absolute atomic E-state index is 12.4. The van der Waals surface area contributed by atoms with Crippen LogP contribution in [0, 0.1) is 10.1 Å². The van der Waals surface area contributed by atoms with E-state index in [-0.39, 0.29) is 25.0 Å². The Morgan fingerprint density at radius 1 is 1.15 bits per heavy atom. The number of carbonyl (C=O) groups is 1. The van der Waals surface area contributed by atoms with E-state index in [9.17, 15) is 14.9 Å². The largest absolute Gasteiger partial charge is 0.467 e. The molecule has 0 aliphatic carbocycles. The number of nitrogens with zero attached hydrogens (tertiary/aromatic N) is 2. The number of carbonyl (C=O) groups excluding carboxylic acids is 1. The number of hydrogen-bond donors (Lipinski definition) is 2. The molecule has 0 bridgehead atoms. The lowest BCUT2D eigenvalue weighted by molar-refractivity contribution is -0.385. The summed E-state index contributed by atoms with van der Waals surface area (Å²) in [5.74, 6) is 0.846. The number of para-hydroxylation sites is 2. The third-order valence-electron chi connectivity index (χ3n) is 5.16. The lowest BCUT2D eigenvalue weighted by atomic mass is 10.1. The van der Waals surface area contributed by atoms with Gasteiger partial charge in [0, 0.05) is 40.6 Å². The molecular weight excluding hydrogens is 424 g/mol. The second kappa shape index (κ2) is 8.56. The molecule has 4 aromatic rings. The molecule has 5 rings (SSSR count). The molecule has 0 saturated carbocycles. The van der Waals surface area contributed by atoms with Crippen molar-refractivity contribution in [1.29, 1.82) is 0 Å². The zero-order chi connectivity index (χ0) is 22.8. The molecule has 1 aromatic heterocycles. The van der Waals surface area contributed by atoms with Gasteiger partial charge in [-0.25, -0.2) is 4.98 Å². The summed E-state index contributed by atoms with van der Waals surface area (Å²) >= 11 is 0. The van der Waals surface area contributed by atoms with Gasteiger partial charge >= 0.3 is 0 Å². The van der Waals surface area contributed by atoms with Crippen LogP contribution >= 0.6 is 0 Å². The minimum absolute atomic E-state index is 0.0510. The number of nitro benzene ring substituents is 1. The number of fused-ring (bicyclic) bond motifs is 2. The number of imidazole rings is 1. The first-order valence-electron chi connectivity index (χ1n) is 10.1. The van der Waals surface area contributed by atoms with E-state index in [1.165, 1.54) is 24.3 Å². The van der Waals surface area contributed by atoms with Gasteiger partial charge < -0.3 is 19.8 Å². The number of amides is 1. The monoisotopic (exact) mass is 442 g/mol. The Balaban J connectivity index is 1.31. The number of benzene rings is 3. The number of non-ortho nitro benzene ring substituents is 1. The molecule has 0 radical (unpaired) electrons. The van der Waals surface area contributed by atoms with Gasteiger partial charge in [-0.05, 0) is 42.5 Å². The molecule has 1 aliphatic rings. The topological polar surface area (TPSA) is 119 Å². The maximum Gasteiger partial charge on any atom is 0.270 e. The number of H-pyrrole nitrogens is 1. The van der Waals surface area contributed by atoms with Crippen LogP contribution in [-0.2, 0) is 16.1 Å². The van der Waals surface area contributed by atoms with E-state index >= 15 is 0 Å². The third-order valence-corrected chi connectivity index (χ3v) is 5.16.